The van der Waals surface area contributed by atoms with Gasteiger partial charge in [0.1, 0.15) is 0 Å². The van der Waals surface area contributed by atoms with Gasteiger partial charge in [0.05, 0.1) is 18.5 Å². The van der Waals surface area contributed by atoms with E-state index in [9.17, 15) is 9.70 Å². The number of rotatable bonds is 4. The van der Waals surface area contributed by atoms with Crippen LogP contribution in [0.1, 0.15) is 27.2 Å². The predicted molar refractivity (Wildman–Crippen MR) is 75.0 cm³/mol. The Kier molecular flexibility index (Phi) is 4.73. The lowest BCUT2D eigenvalue weighted by atomic mass is 10.2. The summed E-state index contributed by atoms with van der Waals surface area (Å²) in [5.74, 6) is -0.458. The van der Waals surface area contributed by atoms with Crippen molar-refractivity contribution in [3.8, 4) is 0 Å². The molecule has 7 heteroatoms. The van der Waals surface area contributed by atoms with Gasteiger partial charge in [-0.1, -0.05) is 20.8 Å². The number of esters is 1. The van der Waals surface area contributed by atoms with E-state index in [1.165, 1.54) is 12.1 Å². The van der Waals surface area contributed by atoms with Crippen LogP contribution < -0.4 is 0 Å². The third-order valence-corrected chi connectivity index (χ3v) is 8.62. The summed E-state index contributed by atoms with van der Waals surface area (Å²) in [6.07, 6.45) is 0.309. The number of hydrogen-bond acceptors (Lipinski definition) is 5. The Morgan fingerprint density at radius 1 is 1.37 bits per heavy atom. The van der Waals surface area contributed by atoms with Crippen LogP contribution in [0.3, 0.4) is 0 Å². The average molecular weight is 288 g/mol. The lowest BCUT2D eigenvalue weighted by Gasteiger charge is -2.39. The van der Waals surface area contributed by atoms with Crippen LogP contribution in [-0.2, 0) is 14.0 Å². The Morgan fingerprint density at radius 3 is 2.37 bits per heavy atom. The molecule has 0 saturated carbocycles. The first-order valence-corrected chi connectivity index (χ1v) is 9.40. The van der Waals surface area contributed by atoms with Gasteiger partial charge >= 0.3 is 5.97 Å². The first kappa shape index (κ1) is 16.1. The number of nitroso groups, excluding NO2 is 1. The molecule has 0 unspecified atom stereocenters. The Balaban J connectivity index is 2.88. The van der Waals surface area contributed by atoms with E-state index in [0.29, 0.717) is 13.0 Å². The second kappa shape index (κ2) is 5.58. The maximum atomic E-state index is 11.8. The first-order valence-electron chi connectivity index (χ1n) is 6.49. The van der Waals surface area contributed by atoms with Crippen molar-refractivity contribution in [2.75, 3.05) is 13.7 Å². The van der Waals surface area contributed by atoms with E-state index >= 15 is 0 Å². The van der Waals surface area contributed by atoms with E-state index in [1.807, 2.05) is 0 Å². The highest BCUT2D eigenvalue weighted by atomic mass is 28.4. The predicted octanol–water partition coefficient (Wildman–Crippen LogP) is 2.31. The van der Waals surface area contributed by atoms with E-state index in [-0.39, 0.29) is 11.1 Å². The molecule has 19 heavy (non-hydrogen) atoms. The molecule has 0 bridgehead atoms. The molecule has 0 aliphatic carbocycles. The highest BCUT2D eigenvalue weighted by Crippen LogP contribution is 2.39. The third-order valence-electron chi connectivity index (χ3n) is 4.12. The molecule has 1 aliphatic heterocycles. The highest BCUT2D eigenvalue weighted by Gasteiger charge is 2.47. The van der Waals surface area contributed by atoms with Crippen LogP contribution in [0.15, 0.2) is 5.29 Å². The molecule has 6 nitrogen and oxygen atoms in total. The number of carbonyl (C=O) groups is 1. The first-order chi connectivity index (χ1) is 8.64. The van der Waals surface area contributed by atoms with E-state index < -0.39 is 20.3 Å². The standard InChI is InChI=1S/C12H24N2O4Si/c1-12(2,3)19(5,6)18-9-7-8-14(13-16)10(9)11(15)17-4/h9-10H,7-8H2,1-6H3/t9-,10-/m0/s1. The van der Waals surface area contributed by atoms with Crippen molar-refractivity contribution in [2.45, 2.75) is 57.5 Å². The minimum Gasteiger partial charge on any atom is -0.467 e. The lowest BCUT2D eigenvalue weighted by molar-refractivity contribution is -0.148. The van der Waals surface area contributed by atoms with Crippen molar-refractivity contribution >= 4 is 14.3 Å². The molecule has 1 aliphatic rings. The summed E-state index contributed by atoms with van der Waals surface area (Å²) in [6.45, 7) is 11.1. The Labute approximate surface area is 115 Å². The molecule has 0 aromatic carbocycles. The molecule has 0 spiro atoms. The maximum Gasteiger partial charge on any atom is 0.333 e. The Morgan fingerprint density at radius 2 is 1.95 bits per heavy atom. The smallest absolute Gasteiger partial charge is 0.333 e. The molecule has 0 radical (unpaired) electrons. The second-order valence-corrected chi connectivity index (χ2v) is 11.2. The molecule has 1 fully saturated rings. The Bertz CT molecular complexity index is 354. The number of ether oxygens (including phenoxy) is 1. The molecule has 1 heterocycles. The van der Waals surface area contributed by atoms with Crippen molar-refractivity contribution in [3.63, 3.8) is 0 Å². The fourth-order valence-corrected chi connectivity index (χ4v) is 3.27. The quantitative estimate of drug-likeness (QED) is 0.451. The average Bonchev–Trinajstić information content (AvgIpc) is 2.68. The van der Waals surface area contributed by atoms with Crippen LogP contribution in [0, 0.1) is 4.91 Å². The van der Waals surface area contributed by atoms with Gasteiger partial charge in [-0.25, -0.2) is 9.80 Å². The van der Waals surface area contributed by atoms with E-state index in [1.54, 1.807) is 0 Å². The van der Waals surface area contributed by atoms with E-state index in [0.717, 1.165) is 0 Å². The van der Waals surface area contributed by atoms with Crippen molar-refractivity contribution in [1.29, 1.82) is 0 Å². The topological polar surface area (TPSA) is 68.2 Å². The normalized spacial score (nSPS) is 24.4. The van der Waals surface area contributed by atoms with Crippen molar-refractivity contribution in [1.82, 2.24) is 5.01 Å². The minimum atomic E-state index is -1.99. The zero-order chi connectivity index (χ0) is 14.8. The Hall–Kier alpha value is -0.953. The van der Waals surface area contributed by atoms with E-state index in [2.05, 4.69) is 39.2 Å². The molecule has 2 atom stereocenters. The van der Waals surface area contributed by atoms with Crippen LogP contribution >= 0.6 is 0 Å². The molecule has 0 aromatic heterocycles. The summed E-state index contributed by atoms with van der Waals surface area (Å²) in [5.41, 5.74) is 0. The molecule has 0 amide bonds. The third kappa shape index (κ3) is 3.33. The van der Waals surface area contributed by atoms with Gasteiger partial charge in [0.2, 0.25) is 0 Å². The van der Waals surface area contributed by atoms with Crippen molar-refractivity contribution < 1.29 is 14.0 Å². The monoisotopic (exact) mass is 288 g/mol. The second-order valence-electron chi connectivity index (χ2n) is 6.42. The lowest BCUT2D eigenvalue weighted by Crippen LogP contribution is -2.49. The summed E-state index contributed by atoms with van der Waals surface area (Å²) >= 11 is 0. The largest absolute Gasteiger partial charge is 0.467 e. The fourth-order valence-electron chi connectivity index (χ4n) is 1.91. The van der Waals surface area contributed by atoms with Crippen LogP contribution in [-0.4, -0.2) is 45.1 Å². The summed E-state index contributed by atoms with van der Waals surface area (Å²) < 4.78 is 11.0. The summed E-state index contributed by atoms with van der Waals surface area (Å²) in [4.78, 5) is 22.6. The number of methoxy groups -OCH3 is 1. The van der Waals surface area contributed by atoms with Crippen LogP contribution in [0.25, 0.3) is 0 Å². The number of carbonyl (C=O) groups excluding carboxylic acids is 1. The summed E-state index contributed by atoms with van der Waals surface area (Å²) in [7, 11) is -0.678. The highest BCUT2D eigenvalue weighted by molar-refractivity contribution is 6.74. The van der Waals surface area contributed by atoms with Gasteiger partial charge in [-0.3, -0.25) is 0 Å². The fraction of sp³-hybridized carbons (Fsp3) is 0.917. The van der Waals surface area contributed by atoms with Gasteiger partial charge in [0, 0.05) is 6.54 Å². The molecule has 0 N–H and O–H groups in total. The molecule has 110 valence electrons. The van der Waals surface area contributed by atoms with Gasteiger partial charge in [-0.05, 0) is 24.6 Å². The van der Waals surface area contributed by atoms with Gasteiger partial charge < -0.3 is 9.16 Å². The number of nitrogens with zero attached hydrogens (tertiary/aromatic N) is 2. The molecule has 1 rings (SSSR count). The summed E-state index contributed by atoms with van der Waals surface area (Å²) in [5, 5.41) is 4.18. The summed E-state index contributed by atoms with van der Waals surface area (Å²) in [6, 6.07) is -0.711. The molecular formula is C12H24N2O4Si. The molecular weight excluding hydrogens is 264 g/mol. The van der Waals surface area contributed by atoms with Crippen LogP contribution in [0.2, 0.25) is 18.1 Å². The number of hydrogen-bond donors (Lipinski definition) is 0. The van der Waals surface area contributed by atoms with Crippen molar-refractivity contribution in [2.24, 2.45) is 5.29 Å². The SMILES string of the molecule is COC(=O)[C@@H]1[C@@H](O[Si](C)(C)C(C)(C)C)CCN1N=O. The maximum absolute atomic E-state index is 11.8. The zero-order valence-electron chi connectivity index (χ0n) is 12.6. The minimum absolute atomic E-state index is 0.0513. The van der Waals surface area contributed by atoms with Crippen molar-refractivity contribution in [3.05, 3.63) is 4.91 Å². The van der Waals surface area contributed by atoms with Crippen LogP contribution in [0.4, 0.5) is 0 Å². The van der Waals surface area contributed by atoms with Gasteiger partial charge in [-0.2, -0.15) is 0 Å². The van der Waals surface area contributed by atoms with Gasteiger partial charge in [0.25, 0.3) is 0 Å². The van der Waals surface area contributed by atoms with E-state index in [4.69, 9.17) is 9.16 Å². The molecule has 1 saturated heterocycles. The van der Waals surface area contributed by atoms with Gasteiger partial charge in [-0.15, -0.1) is 4.91 Å². The zero-order valence-corrected chi connectivity index (χ0v) is 13.6. The van der Waals surface area contributed by atoms with Gasteiger partial charge in [0.15, 0.2) is 14.4 Å². The van der Waals surface area contributed by atoms with Crippen LogP contribution in [0.5, 0.6) is 0 Å². The molecule has 0 aromatic rings.